The number of carbonyl (C=O) groups is 2. The SMILES string of the molecule is CCCCNC(=O)N(Cc1nc(C(=O)NC(C)C)cs1)C(C)C. The lowest BCUT2D eigenvalue weighted by Crippen LogP contribution is -2.43. The fraction of sp³-hybridized carbons (Fsp3) is 0.688. The van der Waals surface area contributed by atoms with Crippen LogP contribution in [0.5, 0.6) is 0 Å². The lowest BCUT2D eigenvalue weighted by atomic mass is 10.3. The number of carbonyl (C=O) groups excluding carboxylic acids is 2. The van der Waals surface area contributed by atoms with Crippen LogP contribution in [0.25, 0.3) is 0 Å². The van der Waals surface area contributed by atoms with Gasteiger partial charge in [-0.15, -0.1) is 11.3 Å². The molecular weight excluding hydrogens is 312 g/mol. The van der Waals surface area contributed by atoms with Crippen LogP contribution in [-0.2, 0) is 6.54 Å². The van der Waals surface area contributed by atoms with Crippen LogP contribution in [0.4, 0.5) is 4.79 Å². The zero-order chi connectivity index (χ0) is 17.4. The van der Waals surface area contributed by atoms with Crippen LogP contribution < -0.4 is 10.6 Å². The standard InChI is InChI=1S/C16H28N4O2S/c1-6-7-8-17-16(22)20(12(4)5)9-14-19-13(10-23-14)15(21)18-11(2)3/h10-12H,6-9H2,1-5H3,(H,17,22)(H,18,21). The summed E-state index contributed by atoms with van der Waals surface area (Å²) in [5.74, 6) is -0.175. The first-order valence-corrected chi connectivity index (χ1v) is 9.02. The third kappa shape index (κ3) is 6.56. The maximum Gasteiger partial charge on any atom is 0.318 e. The maximum absolute atomic E-state index is 12.3. The van der Waals surface area contributed by atoms with E-state index in [2.05, 4.69) is 22.5 Å². The molecule has 1 aromatic rings. The minimum atomic E-state index is -0.175. The number of nitrogens with one attached hydrogen (secondary N) is 2. The van der Waals surface area contributed by atoms with Gasteiger partial charge >= 0.3 is 6.03 Å². The summed E-state index contributed by atoms with van der Waals surface area (Å²) in [5.41, 5.74) is 0.411. The average Bonchev–Trinajstić information content (AvgIpc) is 2.92. The summed E-state index contributed by atoms with van der Waals surface area (Å²) in [6.07, 6.45) is 2.01. The predicted molar refractivity (Wildman–Crippen MR) is 93.7 cm³/mol. The molecule has 1 aromatic heterocycles. The molecule has 0 fully saturated rings. The summed E-state index contributed by atoms with van der Waals surface area (Å²) < 4.78 is 0. The van der Waals surface area contributed by atoms with Crippen LogP contribution in [0.2, 0.25) is 0 Å². The van der Waals surface area contributed by atoms with Gasteiger partial charge in [0, 0.05) is 24.0 Å². The van der Waals surface area contributed by atoms with E-state index in [1.54, 1.807) is 10.3 Å². The second kappa shape index (κ2) is 9.50. The van der Waals surface area contributed by atoms with Gasteiger partial charge in [0.1, 0.15) is 10.7 Å². The van der Waals surface area contributed by atoms with Gasteiger partial charge in [0.15, 0.2) is 0 Å². The molecule has 0 saturated carbocycles. The molecule has 130 valence electrons. The molecule has 23 heavy (non-hydrogen) atoms. The van der Waals surface area contributed by atoms with E-state index in [9.17, 15) is 9.59 Å². The fourth-order valence-corrected chi connectivity index (χ4v) is 2.70. The summed E-state index contributed by atoms with van der Waals surface area (Å²) in [4.78, 5) is 30.3. The first kappa shape index (κ1) is 19.4. The minimum Gasteiger partial charge on any atom is -0.349 e. The van der Waals surface area contributed by atoms with E-state index in [1.165, 1.54) is 11.3 Å². The van der Waals surface area contributed by atoms with Gasteiger partial charge < -0.3 is 15.5 Å². The van der Waals surface area contributed by atoms with Crippen molar-refractivity contribution in [2.75, 3.05) is 6.54 Å². The van der Waals surface area contributed by atoms with E-state index in [4.69, 9.17) is 0 Å². The number of rotatable bonds is 8. The molecule has 2 N–H and O–H groups in total. The monoisotopic (exact) mass is 340 g/mol. The maximum atomic E-state index is 12.3. The van der Waals surface area contributed by atoms with E-state index >= 15 is 0 Å². The Bertz CT molecular complexity index is 514. The molecule has 3 amide bonds. The fourth-order valence-electron chi connectivity index (χ4n) is 1.93. The number of hydrogen-bond donors (Lipinski definition) is 2. The molecular formula is C16H28N4O2S. The Morgan fingerprint density at radius 1 is 1.30 bits per heavy atom. The topological polar surface area (TPSA) is 74.3 Å². The summed E-state index contributed by atoms with van der Waals surface area (Å²) in [5, 5.41) is 8.24. The van der Waals surface area contributed by atoms with E-state index in [1.807, 2.05) is 27.7 Å². The second-order valence-corrected chi connectivity index (χ2v) is 7.00. The average molecular weight is 340 g/mol. The number of nitrogens with zero attached hydrogens (tertiary/aromatic N) is 2. The minimum absolute atomic E-state index is 0.0634. The lowest BCUT2D eigenvalue weighted by molar-refractivity contribution is 0.0938. The van der Waals surface area contributed by atoms with E-state index in [0.717, 1.165) is 17.8 Å². The number of urea groups is 1. The highest BCUT2D eigenvalue weighted by Gasteiger charge is 2.19. The van der Waals surface area contributed by atoms with Crippen molar-refractivity contribution in [1.82, 2.24) is 20.5 Å². The van der Waals surface area contributed by atoms with Gasteiger partial charge in [-0.1, -0.05) is 13.3 Å². The Morgan fingerprint density at radius 2 is 2.00 bits per heavy atom. The van der Waals surface area contributed by atoms with Gasteiger partial charge in [-0.3, -0.25) is 4.79 Å². The van der Waals surface area contributed by atoms with Crippen molar-refractivity contribution in [3.05, 3.63) is 16.1 Å². The van der Waals surface area contributed by atoms with Gasteiger partial charge in [-0.25, -0.2) is 9.78 Å². The van der Waals surface area contributed by atoms with Gasteiger partial charge in [-0.2, -0.15) is 0 Å². The largest absolute Gasteiger partial charge is 0.349 e. The Balaban J connectivity index is 2.68. The van der Waals surface area contributed by atoms with Crippen LogP contribution in [0, 0.1) is 0 Å². The molecule has 0 saturated heterocycles. The highest BCUT2D eigenvalue weighted by Crippen LogP contribution is 2.14. The Morgan fingerprint density at radius 3 is 2.57 bits per heavy atom. The quantitative estimate of drug-likeness (QED) is 0.714. The molecule has 7 heteroatoms. The Labute approximate surface area is 142 Å². The molecule has 0 atom stereocenters. The van der Waals surface area contributed by atoms with Crippen LogP contribution in [0.1, 0.15) is 63.0 Å². The zero-order valence-electron chi connectivity index (χ0n) is 14.7. The first-order chi connectivity index (χ1) is 10.8. The highest BCUT2D eigenvalue weighted by atomic mass is 32.1. The molecule has 1 rings (SSSR count). The third-order valence-electron chi connectivity index (χ3n) is 3.20. The summed E-state index contributed by atoms with van der Waals surface area (Å²) in [7, 11) is 0. The molecule has 0 aliphatic heterocycles. The van der Waals surface area contributed by atoms with Crippen molar-refractivity contribution >= 4 is 23.3 Å². The molecule has 0 radical (unpaired) electrons. The van der Waals surface area contributed by atoms with Crippen molar-refractivity contribution in [3.63, 3.8) is 0 Å². The number of amides is 3. The second-order valence-electron chi connectivity index (χ2n) is 6.06. The predicted octanol–water partition coefficient (Wildman–Crippen LogP) is 3.00. The molecule has 1 heterocycles. The molecule has 0 aromatic carbocycles. The van der Waals surface area contributed by atoms with Crippen molar-refractivity contribution in [1.29, 1.82) is 0 Å². The number of unbranched alkanes of at least 4 members (excludes halogenated alkanes) is 1. The number of thiazole rings is 1. The Kier molecular flexibility index (Phi) is 8.02. The van der Waals surface area contributed by atoms with Crippen LogP contribution >= 0.6 is 11.3 Å². The Hall–Kier alpha value is -1.63. The van der Waals surface area contributed by atoms with E-state index in [-0.39, 0.29) is 24.0 Å². The van der Waals surface area contributed by atoms with Gasteiger partial charge in [0.25, 0.3) is 5.91 Å². The summed E-state index contributed by atoms with van der Waals surface area (Å²) in [6.45, 7) is 10.9. The molecule has 0 spiro atoms. The summed E-state index contributed by atoms with van der Waals surface area (Å²) in [6, 6.07) is 0.0504. The normalized spacial score (nSPS) is 10.9. The van der Waals surface area contributed by atoms with Crippen molar-refractivity contribution in [3.8, 4) is 0 Å². The molecule has 6 nitrogen and oxygen atoms in total. The van der Waals surface area contributed by atoms with Gasteiger partial charge in [-0.05, 0) is 34.1 Å². The lowest BCUT2D eigenvalue weighted by Gasteiger charge is -2.26. The summed E-state index contributed by atoms with van der Waals surface area (Å²) >= 11 is 1.40. The molecule has 0 unspecified atom stereocenters. The smallest absolute Gasteiger partial charge is 0.318 e. The highest BCUT2D eigenvalue weighted by molar-refractivity contribution is 7.09. The van der Waals surface area contributed by atoms with Crippen LogP contribution in [0.3, 0.4) is 0 Å². The van der Waals surface area contributed by atoms with Crippen molar-refractivity contribution in [2.45, 2.75) is 66.1 Å². The molecule has 0 bridgehead atoms. The zero-order valence-corrected chi connectivity index (χ0v) is 15.5. The third-order valence-corrected chi connectivity index (χ3v) is 4.03. The number of aromatic nitrogens is 1. The van der Waals surface area contributed by atoms with E-state index < -0.39 is 0 Å². The molecule has 0 aliphatic rings. The molecule has 0 aliphatic carbocycles. The number of hydrogen-bond acceptors (Lipinski definition) is 4. The first-order valence-electron chi connectivity index (χ1n) is 8.14. The van der Waals surface area contributed by atoms with Crippen molar-refractivity contribution < 1.29 is 9.59 Å². The van der Waals surface area contributed by atoms with Crippen molar-refractivity contribution in [2.24, 2.45) is 0 Å². The van der Waals surface area contributed by atoms with Gasteiger partial charge in [0.05, 0.1) is 6.54 Å². The van der Waals surface area contributed by atoms with Crippen LogP contribution in [-0.4, -0.2) is 40.5 Å². The van der Waals surface area contributed by atoms with Crippen LogP contribution in [0.15, 0.2) is 5.38 Å². The van der Waals surface area contributed by atoms with Gasteiger partial charge in [0.2, 0.25) is 0 Å². The van der Waals surface area contributed by atoms with E-state index in [0.29, 0.717) is 18.8 Å².